The van der Waals surface area contributed by atoms with E-state index >= 15 is 0 Å². The summed E-state index contributed by atoms with van der Waals surface area (Å²) in [4.78, 5) is 11.2. The summed E-state index contributed by atoms with van der Waals surface area (Å²) in [6.45, 7) is 11.0. The zero-order valence-corrected chi connectivity index (χ0v) is 10.5. The molecule has 0 rings (SSSR count). The summed E-state index contributed by atoms with van der Waals surface area (Å²) in [5, 5.41) is 2.86. The van der Waals surface area contributed by atoms with Crippen LogP contribution in [0, 0.1) is 5.41 Å². The second-order valence-electron chi connectivity index (χ2n) is 3.05. The fourth-order valence-corrected chi connectivity index (χ4v) is 0.736. The average molecular weight is 209 g/mol. The Morgan fingerprint density at radius 1 is 1.33 bits per heavy atom. The first kappa shape index (κ1) is 16.1. The zero-order chi connectivity index (χ0) is 12.3. The monoisotopic (exact) mass is 209 g/mol. The minimum atomic E-state index is -0.544. The molecule has 15 heavy (non-hydrogen) atoms. The molecule has 0 saturated carbocycles. The molecule has 0 bridgehead atoms. The minimum Gasteiger partial charge on any atom is -0.394 e. The third-order valence-corrected chi connectivity index (χ3v) is 2.00. The number of carbonyl (C=O) groups excluding carboxylic acids is 1. The molecule has 86 valence electrons. The van der Waals surface area contributed by atoms with E-state index in [2.05, 4.69) is 11.9 Å². The van der Waals surface area contributed by atoms with Gasteiger partial charge >= 0.3 is 0 Å². The number of Topliss-reactive ketones (excluding diaryl/α,β-unsaturated/α-hetero) is 1. The van der Waals surface area contributed by atoms with Gasteiger partial charge in [-0.3, -0.25) is 4.79 Å². The van der Waals surface area contributed by atoms with Crippen LogP contribution in [-0.4, -0.2) is 12.8 Å². The fraction of sp³-hybridized carbons (Fsp3) is 0.462. The first-order valence-electron chi connectivity index (χ1n) is 5.23. The van der Waals surface area contributed by atoms with Crippen LogP contribution in [0.4, 0.5) is 0 Å². The van der Waals surface area contributed by atoms with Crippen LogP contribution in [0.15, 0.2) is 37.1 Å². The van der Waals surface area contributed by atoms with Gasteiger partial charge in [0.2, 0.25) is 0 Å². The molecule has 0 radical (unpaired) electrons. The van der Waals surface area contributed by atoms with Gasteiger partial charge in [0.05, 0.1) is 5.41 Å². The summed E-state index contributed by atoms with van der Waals surface area (Å²) < 4.78 is 0. The Morgan fingerprint density at radius 2 is 1.87 bits per heavy atom. The molecule has 0 saturated heterocycles. The van der Waals surface area contributed by atoms with Crippen molar-refractivity contribution < 1.29 is 4.79 Å². The third kappa shape index (κ3) is 6.72. The van der Waals surface area contributed by atoms with Gasteiger partial charge in [-0.1, -0.05) is 32.1 Å². The van der Waals surface area contributed by atoms with Crippen molar-refractivity contribution in [3.63, 3.8) is 0 Å². The minimum absolute atomic E-state index is 0.0941. The van der Waals surface area contributed by atoms with Gasteiger partial charge < -0.3 is 5.32 Å². The average Bonchev–Trinajstić information content (AvgIpc) is 2.26. The second kappa shape index (κ2) is 9.25. The van der Waals surface area contributed by atoms with Crippen LogP contribution in [0.2, 0.25) is 0 Å². The van der Waals surface area contributed by atoms with Crippen LogP contribution in [0.25, 0.3) is 0 Å². The predicted molar refractivity (Wildman–Crippen MR) is 67.7 cm³/mol. The van der Waals surface area contributed by atoms with Gasteiger partial charge in [-0.15, -0.1) is 6.58 Å². The molecule has 0 heterocycles. The van der Waals surface area contributed by atoms with Gasteiger partial charge in [-0.05, 0) is 26.1 Å². The van der Waals surface area contributed by atoms with Crippen LogP contribution in [-0.2, 0) is 4.79 Å². The number of ketones is 1. The lowest BCUT2D eigenvalue weighted by molar-refractivity contribution is -0.121. The van der Waals surface area contributed by atoms with Gasteiger partial charge in [0, 0.05) is 7.05 Å². The SMILES string of the molecule is C=CC(C)(/C=C\C=C\NC)C(C)=O.CC. The number of hydrogen-bond donors (Lipinski definition) is 1. The number of nitrogens with one attached hydrogen (secondary N) is 1. The van der Waals surface area contributed by atoms with Gasteiger partial charge in [-0.2, -0.15) is 0 Å². The molecule has 0 amide bonds. The van der Waals surface area contributed by atoms with Crippen LogP contribution in [0.3, 0.4) is 0 Å². The molecule has 0 aliphatic rings. The standard InChI is InChI=1S/C11H17NO.C2H6/c1-5-11(3,10(2)13)8-6-7-9-12-4;1-2/h5-9,12H,1H2,2-4H3;1-2H3/b8-6-,9-7+;. The molecule has 0 aromatic rings. The van der Waals surface area contributed by atoms with Gasteiger partial charge in [-0.25, -0.2) is 0 Å². The Balaban J connectivity index is 0. The van der Waals surface area contributed by atoms with Gasteiger partial charge in [0.1, 0.15) is 5.78 Å². The maximum Gasteiger partial charge on any atom is 0.143 e. The maximum absolute atomic E-state index is 11.2. The van der Waals surface area contributed by atoms with Gasteiger partial charge in [0.15, 0.2) is 0 Å². The van der Waals surface area contributed by atoms with Crippen molar-refractivity contribution in [2.75, 3.05) is 7.05 Å². The van der Waals surface area contributed by atoms with Crippen LogP contribution in [0.5, 0.6) is 0 Å². The number of allylic oxidation sites excluding steroid dienone is 4. The van der Waals surface area contributed by atoms with E-state index in [1.807, 2.05) is 46.0 Å². The van der Waals surface area contributed by atoms with Crippen molar-refractivity contribution in [3.05, 3.63) is 37.1 Å². The van der Waals surface area contributed by atoms with Crippen molar-refractivity contribution in [2.24, 2.45) is 5.41 Å². The largest absolute Gasteiger partial charge is 0.394 e. The predicted octanol–water partition coefficient (Wildman–Crippen LogP) is 3.08. The number of hydrogen-bond acceptors (Lipinski definition) is 2. The summed E-state index contributed by atoms with van der Waals surface area (Å²) in [5.74, 6) is 0.0941. The van der Waals surface area contributed by atoms with E-state index in [0.717, 1.165) is 0 Å². The van der Waals surface area contributed by atoms with Gasteiger partial charge in [0.25, 0.3) is 0 Å². The lowest BCUT2D eigenvalue weighted by Gasteiger charge is -2.16. The van der Waals surface area contributed by atoms with Crippen LogP contribution in [0.1, 0.15) is 27.7 Å². The Morgan fingerprint density at radius 3 is 2.20 bits per heavy atom. The molecule has 0 aliphatic heterocycles. The van der Waals surface area contributed by atoms with Crippen molar-refractivity contribution in [3.8, 4) is 0 Å². The molecule has 1 atom stereocenters. The first-order chi connectivity index (χ1) is 7.06. The molecule has 0 fully saturated rings. The molecular weight excluding hydrogens is 186 g/mol. The zero-order valence-electron chi connectivity index (χ0n) is 10.5. The molecule has 0 spiro atoms. The lowest BCUT2D eigenvalue weighted by atomic mass is 9.86. The summed E-state index contributed by atoms with van der Waals surface area (Å²) in [6, 6.07) is 0. The van der Waals surface area contributed by atoms with E-state index in [9.17, 15) is 4.79 Å². The summed E-state index contributed by atoms with van der Waals surface area (Å²) >= 11 is 0. The highest BCUT2D eigenvalue weighted by Gasteiger charge is 2.21. The highest BCUT2D eigenvalue weighted by molar-refractivity contribution is 5.85. The molecule has 0 aromatic heterocycles. The van der Waals surface area contributed by atoms with Crippen LogP contribution >= 0.6 is 0 Å². The Labute approximate surface area is 93.8 Å². The molecule has 2 nitrogen and oxygen atoms in total. The van der Waals surface area contributed by atoms with Crippen LogP contribution < -0.4 is 5.32 Å². The van der Waals surface area contributed by atoms with Crippen molar-refractivity contribution in [1.29, 1.82) is 0 Å². The molecule has 0 aromatic carbocycles. The van der Waals surface area contributed by atoms with E-state index in [4.69, 9.17) is 0 Å². The van der Waals surface area contributed by atoms with Crippen molar-refractivity contribution in [2.45, 2.75) is 27.7 Å². The van der Waals surface area contributed by atoms with E-state index in [1.54, 1.807) is 19.2 Å². The quantitative estimate of drug-likeness (QED) is 0.557. The molecular formula is C13H23NO. The molecule has 0 aliphatic carbocycles. The summed E-state index contributed by atoms with van der Waals surface area (Å²) in [5.41, 5.74) is -0.544. The maximum atomic E-state index is 11.2. The van der Waals surface area contributed by atoms with E-state index < -0.39 is 5.41 Å². The Hall–Kier alpha value is -1.31. The topological polar surface area (TPSA) is 29.1 Å². The lowest BCUT2D eigenvalue weighted by Crippen LogP contribution is -2.19. The fourth-order valence-electron chi connectivity index (χ4n) is 0.736. The Kier molecular flexibility index (Phi) is 9.95. The Bertz CT molecular complexity index is 241. The van der Waals surface area contributed by atoms with Crippen molar-refractivity contribution in [1.82, 2.24) is 5.32 Å². The molecule has 1 N–H and O–H groups in total. The second-order valence-corrected chi connectivity index (χ2v) is 3.05. The first-order valence-corrected chi connectivity index (χ1v) is 5.23. The number of carbonyl (C=O) groups is 1. The van der Waals surface area contributed by atoms with E-state index in [-0.39, 0.29) is 5.78 Å². The summed E-state index contributed by atoms with van der Waals surface area (Å²) in [7, 11) is 1.82. The van der Waals surface area contributed by atoms with E-state index in [0.29, 0.717) is 0 Å². The smallest absolute Gasteiger partial charge is 0.143 e. The molecule has 2 heteroatoms. The summed E-state index contributed by atoms with van der Waals surface area (Å²) in [6.07, 6.45) is 8.94. The molecule has 1 unspecified atom stereocenters. The van der Waals surface area contributed by atoms with Crippen molar-refractivity contribution >= 4 is 5.78 Å². The van der Waals surface area contributed by atoms with E-state index in [1.165, 1.54) is 0 Å². The normalized spacial score (nSPS) is 14.2. The highest BCUT2D eigenvalue weighted by Crippen LogP contribution is 2.20. The third-order valence-electron chi connectivity index (χ3n) is 2.00. The highest BCUT2D eigenvalue weighted by atomic mass is 16.1. The number of rotatable bonds is 5.